The van der Waals surface area contributed by atoms with Crippen LogP contribution in [0.3, 0.4) is 0 Å². The summed E-state index contributed by atoms with van der Waals surface area (Å²) in [5, 5.41) is 6.29. The molecule has 0 saturated heterocycles. The third kappa shape index (κ3) is 4.37. The van der Waals surface area contributed by atoms with Gasteiger partial charge in [0.15, 0.2) is 5.78 Å². The van der Waals surface area contributed by atoms with Crippen LogP contribution < -0.4 is 15.4 Å². The van der Waals surface area contributed by atoms with Gasteiger partial charge in [0, 0.05) is 47.0 Å². The van der Waals surface area contributed by atoms with Crippen LogP contribution >= 0.6 is 0 Å². The first-order chi connectivity index (χ1) is 16.9. The predicted molar refractivity (Wildman–Crippen MR) is 132 cm³/mol. The summed E-state index contributed by atoms with van der Waals surface area (Å²) in [5.74, 6) is 1.13. The van der Waals surface area contributed by atoms with Crippen molar-refractivity contribution in [1.82, 2.24) is 10.3 Å². The van der Waals surface area contributed by atoms with E-state index >= 15 is 0 Å². The van der Waals surface area contributed by atoms with Crippen LogP contribution in [0, 0.1) is 6.92 Å². The number of aryl methyl sites for hydroxylation is 1. The Balaban J connectivity index is 1.55. The number of aromatic nitrogens is 1. The van der Waals surface area contributed by atoms with Crippen molar-refractivity contribution in [2.24, 2.45) is 0 Å². The number of carbonyl (C=O) groups is 2. The summed E-state index contributed by atoms with van der Waals surface area (Å²) in [6, 6.07) is 14.9. The molecule has 0 radical (unpaired) electrons. The van der Waals surface area contributed by atoms with E-state index in [2.05, 4.69) is 15.6 Å². The Labute approximate surface area is 203 Å². The van der Waals surface area contributed by atoms with Crippen molar-refractivity contribution in [2.45, 2.75) is 38.5 Å². The molecule has 2 aliphatic rings. The maximum atomic E-state index is 13.6. The first-order valence-corrected chi connectivity index (χ1v) is 11.6. The zero-order valence-electron chi connectivity index (χ0n) is 19.9. The number of nitrogens with one attached hydrogen (secondary N) is 2. The smallest absolute Gasteiger partial charge is 0.255 e. The molecule has 3 heterocycles. The average Bonchev–Trinajstić information content (AvgIpc) is 3.39. The number of hydrogen-bond donors (Lipinski definition) is 2. The summed E-state index contributed by atoms with van der Waals surface area (Å²) in [6.45, 7) is 3.81. The number of benzene rings is 1. The van der Waals surface area contributed by atoms with E-state index in [-0.39, 0.29) is 17.6 Å². The maximum absolute atomic E-state index is 13.6. The number of pyridine rings is 1. The molecule has 7 heteroatoms. The zero-order valence-corrected chi connectivity index (χ0v) is 19.9. The highest BCUT2D eigenvalue weighted by molar-refractivity contribution is 6.09. The molecule has 2 N–H and O–H groups in total. The van der Waals surface area contributed by atoms with Gasteiger partial charge in [-0.3, -0.25) is 9.59 Å². The number of nitrogens with zero attached hydrogens (tertiary/aromatic N) is 1. The molecular formula is C28H27N3O4. The van der Waals surface area contributed by atoms with E-state index in [1.807, 2.05) is 56.3 Å². The van der Waals surface area contributed by atoms with E-state index in [9.17, 15) is 9.59 Å². The Morgan fingerprint density at radius 3 is 2.57 bits per heavy atom. The predicted octanol–water partition coefficient (Wildman–Crippen LogP) is 4.99. The second kappa shape index (κ2) is 9.25. The lowest BCUT2D eigenvalue weighted by molar-refractivity contribution is -0.116. The lowest BCUT2D eigenvalue weighted by Gasteiger charge is -2.36. The number of rotatable bonds is 5. The first kappa shape index (κ1) is 22.7. The summed E-state index contributed by atoms with van der Waals surface area (Å²) in [6.07, 6.45) is 4.29. The van der Waals surface area contributed by atoms with Gasteiger partial charge >= 0.3 is 0 Å². The number of Topliss-reactive ketones (excluding diaryl/α,β-unsaturated/α-hetero) is 1. The standard InChI is InChI=1S/C28H27N3O4/c1-16-6-11-24(29-15-16)31-28(33)25-17(2)30-21-13-19(23-5-4-12-35-23)14-22(32)27(21)26(25)18-7-9-20(34-3)10-8-18/h4-12,15,19,26,30H,13-14H2,1-3H3,(H,29,31,33). The molecule has 2 atom stereocenters. The molecule has 0 spiro atoms. The van der Waals surface area contributed by atoms with Crippen LogP contribution in [-0.4, -0.2) is 23.8 Å². The van der Waals surface area contributed by atoms with Gasteiger partial charge in [-0.2, -0.15) is 0 Å². The van der Waals surface area contributed by atoms with Gasteiger partial charge in [-0.1, -0.05) is 18.2 Å². The number of amides is 1. The second-order valence-electron chi connectivity index (χ2n) is 8.98. The molecule has 7 nitrogen and oxygen atoms in total. The molecule has 0 fully saturated rings. The SMILES string of the molecule is COc1ccc(C2C(C(=O)Nc3ccc(C)cn3)=C(C)NC3=C2C(=O)CC(c2ccco2)C3)cc1. The van der Waals surface area contributed by atoms with Crippen molar-refractivity contribution in [3.05, 3.63) is 100 Å². The van der Waals surface area contributed by atoms with Gasteiger partial charge in [0.1, 0.15) is 17.3 Å². The van der Waals surface area contributed by atoms with Crippen LogP contribution in [0.4, 0.5) is 5.82 Å². The van der Waals surface area contributed by atoms with Crippen LogP contribution in [0.1, 0.15) is 48.5 Å². The fourth-order valence-electron chi connectivity index (χ4n) is 4.92. The van der Waals surface area contributed by atoms with Gasteiger partial charge in [-0.05, 0) is 61.7 Å². The fourth-order valence-corrected chi connectivity index (χ4v) is 4.92. The molecule has 5 rings (SSSR count). The van der Waals surface area contributed by atoms with Crippen molar-refractivity contribution in [2.75, 3.05) is 12.4 Å². The number of furan rings is 1. The van der Waals surface area contributed by atoms with Crippen LogP contribution in [0.15, 0.2) is 87.9 Å². The second-order valence-corrected chi connectivity index (χ2v) is 8.98. The molecule has 1 aromatic carbocycles. The Morgan fingerprint density at radius 2 is 1.91 bits per heavy atom. The first-order valence-electron chi connectivity index (χ1n) is 11.6. The quantitative estimate of drug-likeness (QED) is 0.547. The monoisotopic (exact) mass is 469 g/mol. The maximum Gasteiger partial charge on any atom is 0.255 e. The van der Waals surface area contributed by atoms with Crippen molar-refractivity contribution in [3.63, 3.8) is 0 Å². The third-order valence-corrected chi connectivity index (χ3v) is 6.62. The Morgan fingerprint density at radius 1 is 1.11 bits per heavy atom. The lowest BCUT2D eigenvalue weighted by atomic mass is 9.72. The van der Waals surface area contributed by atoms with E-state index in [0.717, 1.165) is 22.6 Å². The van der Waals surface area contributed by atoms with E-state index in [4.69, 9.17) is 9.15 Å². The molecule has 35 heavy (non-hydrogen) atoms. The highest BCUT2D eigenvalue weighted by Crippen LogP contribution is 2.45. The van der Waals surface area contributed by atoms with Gasteiger partial charge in [0.2, 0.25) is 0 Å². The van der Waals surface area contributed by atoms with E-state index < -0.39 is 5.92 Å². The molecule has 178 valence electrons. The Hall–Kier alpha value is -4.13. The number of ether oxygens (including phenoxy) is 1. The van der Waals surface area contributed by atoms with Crippen molar-refractivity contribution >= 4 is 17.5 Å². The van der Waals surface area contributed by atoms with E-state index in [1.165, 1.54) is 0 Å². The molecule has 1 aliphatic carbocycles. The number of methoxy groups -OCH3 is 1. The number of anilines is 1. The van der Waals surface area contributed by atoms with E-state index in [0.29, 0.717) is 41.3 Å². The summed E-state index contributed by atoms with van der Waals surface area (Å²) < 4.78 is 10.9. The summed E-state index contributed by atoms with van der Waals surface area (Å²) in [7, 11) is 1.61. The van der Waals surface area contributed by atoms with Crippen molar-refractivity contribution in [1.29, 1.82) is 0 Å². The van der Waals surface area contributed by atoms with Crippen LogP contribution in [0.5, 0.6) is 5.75 Å². The van der Waals surface area contributed by atoms with Crippen LogP contribution in [0.2, 0.25) is 0 Å². The minimum absolute atomic E-state index is 0.00669. The molecule has 0 bridgehead atoms. The Kier molecular flexibility index (Phi) is 5.99. The van der Waals surface area contributed by atoms with Gasteiger partial charge < -0.3 is 19.8 Å². The molecule has 1 aliphatic heterocycles. The average molecular weight is 470 g/mol. The topological polar surface area (TPSA) is 93.5 Å². The minimum Gasteiger partial charge on any atom is -0.497 e. The number of allylic oxidation sites excluding steroid dienone is 3. The van der Waals surface area contributed by atoms with Crippen LogP contribution in [0.25, 0.3) is 0 Å². The van der Waals surface area contributed by atoms with Gasteiger partial charge in [-0.25, -0.2) is 4.98 Å². The minimum atomic E-state index is -0.507. The number of dihydropyridines is 1. The zero-order chi connectivity index (χ0) is 24.5. The highest BCUT2D eigenvalue weighted by atomic mass is 16.5. The fraction of sp³-hybridized carbons (Fsp3) is 0.250. The summed E-state index contributed by atoms with van der Waals surface area (Å²) >= 11 is 0. The molecule has 0 saturated carbocycles. The normalized spacial score (nSPS) is 19.8. The van der Waals surface area contributed by atoms with Crippen molar-refractivity contribution < 1.29 is 18.7 Å². The number of ketones is 1. The number of hydrogen-bond acceptors (Lipinski definition) is 6. The molecule has 1 amide bonds. The van der Waals surface area contributed by atoms with E-state index in [1.54, 1.807) is 25.6 Å². The van der Waals surface area contributed by atoms with Gasteiger partial charge in [0.05, 0.1) is 13.4 Å². The third-order valence-electron chi connectivity index (χ3n) is 6.62. The summed E-state index contributed by atoms with van der Waals surface area (Å²) in [4.78, 5) is 31.5. The highest BCUT2D eigenvalue weighted by Gasteiger charge is 2.41. The van der Waals surface area contributed by atoms with Gasteiger partial charge in [-0.15, -0.1) is 0 Å². The van der Waals surface area contributed by atoms with Crippen LogP contribution in [-0.2, 0) is 9.59 Å². The Bertz CT molecular complexity index is 1320. The number of carbonyl (C=O) groups excluding carboxylic acids is 2. The largest absolute Gasteiger partial charge is 0.497 e. The summed E-state index contributed by atoms with van der Waals surface area (Å²) in [5.41, 5.74) is 4.54. The van der Waals surface area contributed by atoms with Gasteiger partial charge in [0.25, 0.3) is 5.91 Å². The molecule has 2 unspecified atom stereocenters. The van der Waals surface area contributed by atoms with Crippen molar-refractivity contribution in [3.8, 4) is 5.75 Å². The molecular weight excluding hydrogens is 442 g/mol. The lowest BCUT2D eigenvalue weighted by Crippen LogP contribution is -2.37. The molecule has 3 aromatic rings. The molecule has 2 aromatic heterocycles.